The largest absolute Gasteiger partial charge is 0.478 e. The van der Waals surface area contributed by atoms with E-state index in [1.165, 1.54) is 0 Å². The van der Waals surface area contributed by atoms with Gasteiger partial charge in [-0.1, -0.05) is 12.1 Å². The van der Waals surface area contributed by atoms with Gasteiger partial charge in [0, 0.05) is 37.9 Å². The lowest BCUT2D eigenvalue weighted by Crippen LogP contribution is -2.39. The minimum atomic E-state index is -0.937. The van der Waals surface area contributed by atoms with Gasteiger partial charge in [0.05, 0.1) is 11.1 Å². The van der Waals surface area contributed by atoms with Crippen LogP contribution < -0.4 is 5.32 Å². The van der Waals surface area contributed by atoms with Crippen molar-refractivity contribution < 1.29 is 14.7 Å². The summed E-state index contributed by atoms with van der Waals surface area (Å²) in [5.74, 6) is -0.388. The number of nitrogens with one attached hydrogen (secondary N) is 1. The minimum absolute atomic E-state index is 0.0906. The Balaban J connectivity index is 1.72. The lowest BCUT2D eigenvalue weighted by molar-refractivity contribution is 0.0687. The number of anilines is 1. The molecule has 136 valence electrons. The molecule has 0 aliphatic carbocycles. The van der Waals surface area contributed by atoms with Gasteiger partial charge in [-0.05, 0) is 37.5 Å². The molecule has 1 aromatic heterocycles. The zero-order valence-electron chi connectivity index (χ0n) is 14.7. The third kappa shape index (κ3) is 3.99. The fourth-order valence-corrected chi connectivity index (χ4v) is 3.23. The molecule has 2 aromatic rings. The summed E-state index contributed by atoms with van der Waals surface area (Å²) in [6.07, 6.45) is 4.90. The highest BCUT2D eigenvalue weighted by molar-refractivity contribution is 5.93. The molecule has 3 rings (SSSR count). The first-order valence-electron chi connectivity index (χ1n) is 8.77. The molecule has 0 saturated carbocycles. The van der Waals surface area contributed by atoms with Gasteiger partial charge in [-0.3, -0.25) is 4.79 Å². The summed E-state index contributed by atoms with van der Waals surface area (Å²) in [5, 5.41) is 12.2. The van der Waals surface area contributed by atoms with E-state index in [-0.39, 0.29) is 17.4 Å². The molecule has 0 unspecified atom stereocenters. The molecule has 2 heterocycles. The van der Waals surface area contributed by atoms with Crippen molar-refractivity contribution in [2.75, 3.05) is 25.0 Å². The van der Waals surface area contributed by atoms with Gasteiger partial charge in [0.1, 0.15) is 0 Å². The van der Waals surface area contributed by atoms with E-state index < -0.39 is 5.97 Å². The van der Waals surface area contributed by atoms with E-state index in [0.29, 0.717) is 24.6 Å². The van der Waals surface area contributed by atoms with Gasteiger partial charge in [-0.15, -0.1) is 0 Å². The number of carbonyl (C=O) groups excluding carboxylic acids is 1. The molecule has 2 N–H and O–H groups in total. The average Bonchev–Trinajstić information content (AvgIpc) is 2.68. The van der Waals surface area contributed by atoms with Crippen LogP contribution in [-0.2, 0) is 0 Å². The standard InChI is InChI=1S/C19H22N4O3/c1-2-20-19-21-10-16(11-22-19)17(24)23-8-4-7-15(12-23)13-5-3-6-14(9-13)18(25)26/h3,5-6,9-11,15H,2,4,7-8,12H2,1H3,(H,25,26)(H,20,21,22)/t15-/m1/s1. The molecule has 1 atom stereocenters. The van der Waals surface area contributed by atoms with Gasteiger partial charge in [0.15, 0.2) is 0 Å². The van der Waals surface area contributed by atoms with Gasteiger partial charge < -0.3 is 15.3 Å². The molecule has 0 spiro atoms. The van der Waals surface area contributed by atoms with Gasteiger partial charge >= 0.3 is 5.97 Å². The number of carbonyl (C=O) groups is 2. The van der Waals surface area contributed by atoms with Crippen LogP contribution in [0.2, 0.25) is 0 Å². The van der Waals surface area contributed by atoms with E-state index in [1.807, 2.05) is 13.0 Å². The van der Waals surface area contributed by atoms with Crippen molar-refractivity contribution in [1.29, 1.82) is 0 Å². The Morgan fingerprint density at radius 1 is 1.27 bits per heavy atom. The number of carboxylic acid groups (broad SMARTS) is 1. The second kappa shape index (κ2) is 7.95. The van der Waals surface area contributed by atoms with Crippen molar-refractivity contribution >= 4 is 17.8 Å². The second-order valence-electron chi connectivity index (χ2n) is 6.35. The summed E-state index contributed by atoms with van der Waals surface area (Å²) in [6.45, 7) is 3.92. The Morgan fingerprint density at radius 2 is 2.04 bits per heavy atom. The molecule has 1 aliphatic rings. The van der Waals surface area contributed by atoms with Crippen LogP contribution in [0.25, 0.3) is 0 Å². The summed E-state index contributed by atoms with van der Waals surface area (Å²) in [4.78, 5) is 34.1. The zero-order chi connectivity index (χ0) is 18.5. The van der Waals surface area contributed by atoms with Crippen LogP contribution in [-0.4, -0.2) is 51.5 Å². The van der Waals surface area contributed by atoms with Crippen molar-refractivity contribution in [1.82, 2.24) is 14.9 Å². The number of benzene rings is 1. The first-order chi connectivity index (χ1) is 12.6. The third-order valence-electron chi connectivity index (χ3n) is 4.55. The van der Waals surface area contributed by atoms with Crippen molar-refractivity contribution in [2.24, 2.45) is 0 Å². The molecule has 26 heavy (non-hydrogen) atoms. The second-order valence-corrected chi connectivity index (χ2v) is 6.35. The number of piperidine rings is 1. The van der Waals surface area contributed by atoms with Crippen LogP contribution in [0, 0.1) is 0 Å². The molecule has 0 radical (unpaired) electrons. The molecule has 1 amide bonds. The molecular weight excluding hydrogens is 332 g/mol. The molecule has 1 saturated heterocycles. The van der Waals surface area contributed by atoms with Crippen molar-refractivity contribution in [2.45, 2.75) is 25.7 Å². The average molecular weight is 354 g/mol. The van der Waals surface area contributed by atoms with Crippen LogP contribution in [0.15, 0.2) is 36.7 Å². The van der Waals surface area contributed by atoms with E-state index in [0.717, 1.165) is 24.9 Å². The van der Waals surface area contributed by atoms with E-state index >= 15 is 0 Å². The van der Waals surface area contributed by atoms with Crippen molar-refractivity contribution in [3.05, 3.63) is 53.3 Å². The van der Waals surface area contributed by atoms with E-state index in [4.69, 9.17) is 0 Å². The van der Waals surface area contributed by atoms with E-state index in [1.54, 1.807) is 35.5 Å². The maximum Gasteiger partial charge on any atom is 0.335 e. The Labute approximate surface area is 152 Å². The van der Waals surface area contributed by atoms with E-state index in [2.05, 4.69) is 15.3 Å². The van der Waals surface area contributed by atoms with Crippen molar-refractivity contribution in [3.8, 4) is 0 Å². The van der Waals surface area contributed by atoms with Gasteiger partial charge in [0.25, 0.3) is 5.91 Å². The van der Waals surface area contributed by atoms with Crippen LogP contribution in [0.3, 0.4) is 0 Å². The van der Waals surface area contributed by atoms with Crippen LogP contribution in [0.4, 0.5) is 5.95 Å². The molecule has 0 bridgehead atoms. The fraction of sp³-hybridized carbons (Fsp3) is 0.368. The summed E-state index contributed by atoms with van der Waals surface area (Å²) in [6, 6.07) is 6.97. The minimum Gasteiger partial charge on any atom is -0.478 e. The van der Waals surface area contributed by atoms with Crippen LogP contribution >= 0.6 is 0 Å². The van der Waals surface area contributed by atoms with Crippen LogP contribution in [0.1, 0.15) is 52.0 Å². The van der Waals surface area contributed by atoms with Crippen LogP contribution in [0.5, 0.6) is 0 Å². The smallest absolute Gasteiger partial charge is 0.335 e. The summed E-state index contributed by atoms with van der Waals surface area (Å²) >= 11 is 0. The number of hydrogen-bond donors (Lipinski definition) is 2. The Hall–Kier alpha value is -2.96. The molecule has 7 nitrogen and oxygen atoms in total. The lowest BCUT2D eigenvalue weighted by atomic mass is 9.89. The lowest BCUT2D eigenvalue weighted by Gasteiger charge is -2.33. The fourth-order valence-electron chi connectivity index (χ4n) is 3.23. The normalized spacial score (nSPS) is 17.0. The third-order valence-corrected chi connectivity index (χ3v) is 4.55. The topological polar surface area (TPSA) is 95.4 Å². The predicted molar refractivity (Wildman–Crippen MR) is 97.5 cm³/mol. The predicted octanol–water partition coefficient (Wildman–Crippen LogP) is 2.63. The number of aromatic nitrogens is 2. The molecular formula is C19H22N4O3. The number of likely N-dealkylation sites (tertiary alicyclic amines) is 1. The highest BCUT2D eigenvalue weighted by atomic mass is 16.4. The number of rotatable bonds is 5. The quantitative estimate of drug-likeness (QED) is 0.857. The molecule has 1 aromatic carbocycles. The number of nitrogens with zero attached hydrogens (tertiary/aromatic N) is 3. The van der Waals surface area contributed by atoms with Gasteiger partial charge in [-0.2, -0.15) is 0 Å². The summed E-state index contributed by atoms with van der Waals surface area (Å²) in [5.41, 5.74) is 1.70. The first-order valence-corrected chi connectivity index (χ1v) is 8.77. The monoisotopic (exact) mass is 354 g/mol. The maximum atomic E-state index is 12.8. The van der Waals surface area contributed by atoms with Gasteiger partial charge in [-0.25, -0.2) is 14.8 Å². The summed E-state index contributed by atoms with van der Waals surface area (Å²) in [7, 11) is 0. The highest BCUT2D eigenvalue weighted by Gasteiger charge is 2.26. The molecule has 7 heteroatoms. The molecule has 1 fully saturated rings. The summed E-state index contributed by atoms with van der Waals surface area (Å²) < 4.78 is 0. The Morgan fingerprint density at radius 3 is 2.73 bits per heavy atom. The zero-order valence-corrected chi connectivity index (χ0v) is 14.7. The number of carboxylic acids is 1. The van der Waals surface area contributed by atoms with Crippen molar-refractivity contribution in [3.63, 3.8) is 0 Å². The van der Waals surface area contributed by atoms with E-state index in [9.17, 15) is 14.7 Å². The first kappa shape index (κ1) is 17.8. The number of amides is 1. The SMILES string of the molecule is CCNc1ncc(C(=O)N2CCC[C@@H](c3cccc(C(=O)O)c3)C2)cn1. The number of hydrogen-bond acceptors (Lipinski definition) is 5. The maximum absolute atomic E-state index is 12.8. The Kier molecular flexibility index (Phi) is 5.46. The highest BCUT2D eigenvalue weighted by Crippen LogP contribution is 2.28. The van der Waals surface area contributed by atoms with Gasteiger partial charge in [0.2, 0.25) is 5.95 Å². The Bertz CT molecular complexity index is 792. The molecule has 1 aliphatic heterocycles. The number of aromatic carboxylic acids is 1.